The van der Waals surface area contributed by atoms with Crippen molar-refractivity contribution in [3.05, 3.63) is 83.0 Å². The summed E-state index contributed by atoms with van der Waals surface area (Å²) in [4.78, 5) is 27.8. The molecule has 1 saturated heterocycles. The summed E-state index contributed by atoms with van der Waals surface area (Å²) in [6.07, 6.45) is 5.34. The SMILES string of the molecule is CC(=O)N1CCN(C(=O)/C=C/c2cn(Cc3ccccc3Cl)nc2-c2ccccc2)CC1. The van der Waals surface area contributed by atoms with Crippen LogP contribution in [0.5, 0.6) is 0 Å². The predicted molar refractivity (Wildman–Crippen MR) is 126 cm³/mol. The van der Waals surface area contributed by atoms with Crippen molar-refractivity contribution in [2.75, 3.05) is 26.2 Å². The first kappa shape index (κ1) is 21.8. The molecule has 1 fully saturated rings. The van der Waals surface area contributed by atoms with Crippen LogP contribution in [-0.2, 0) is 16.1 Å². The normalized spacial score (nSPS) is 14.2. The van der Waals surface area contributed by atoms with Crippen LogP contribution in [0, 0.1) is 0 Å². The number of rotatable bonds is 5. The molecule has 1 aromatic heterocycles. The highest BCUT2D eigenvalue weighted by Crippen LogP contribution is 2.24. The van der Waals surface area contributed by atoms with Gasteiger partial charge in [-0.1, -0.05) is 60.1 Å². The Morgan fingerprint density at radius 1 is 0.969 bits per heavy atom. The van der Waals surface area contributed by atoms with Crippen LogP contribution < -0.4 is 0 Å². The van der Waals surface area contributed by atoms with E-state index in [2.05, 4.69) is 0 Å². The van der Waals surface area contributed by atoms with E-state index in [4.69, 9.17) is 16.7 Å². The fraction of sp³-hybridized carbons (Fsp3) is 0.240. The van der Waals surface area contributed by atoms with Gasteiger partial charge < -0.3 is 9.80 Å². The highest BCUT2D eigenvalue weighted by Gasteiger charge is 2.21. The maximum Gasteiger partial charge on any atom is 0.246 e. The molecule has 0 unspecified atom stereocenters. The van der Waals surface area contributed by atoms with Gasteiger partial charge >= 0.3 is 0 Å². The standard InChI is InChI=1S/C25H25ClN4O2/c1-19(31)28-13-15-29(16-14-28)24(32)12-11-22-18-30(17-21-9-5-6-10-23(21)26)27-25(22)20-7-3-2-4-8-20/h2-12,18H,13-17H2,1H3/b12-11+. The van der Waals surface area contributed by atoms with Crippen LogP contribution in [0.4, 0.5) is 0 Å². The van der Waals surface area contributed by atoms with Crippen LogP contribution in [0.1, 0.15) is 18.1 Å². The van der Waals surface area contributed by atoms with E-state index in [9.17, 15) is 9.59 Å². The van der Waals surface area contributed by atoms with Gasteiger partial charge in [0.15, 0.2) is 0 Å². The minimum Gasteiger partial charge on any atom is -0.339 e. The van der Waals surface area contributed by atoms with Crippen molar-refractivity contribution >= 4 is 29.5 Å². The van der Waals surface area contributed by atoms with Gasteiger partial charge in [0, 0.05) is 61.5 Å². The molecule has 0 aliphatic carbocycles. The van der Waals surface area contributed by atoms with Gasteiger partial charge in [0.2, 0.25) is 11.8 Å². The molecular formula is C25H25ClN4O2. The minimum absolute atomic E-state index is 0.0473. The van der Waals surface area contributed by atoms with Crippen LogP contribution >= 0.6 is 11.6 Å². The lowest BCUT2D eigenvalue weighted by Gasteiger charge is -2.33. The van der Waals surface area contributed by atoms with Gasteiger partial charge in [-0.15, -0.1) is 0 Å². The van der Waals surface area contributed by atoms with E-state index >= 15 is 0 Å². The summed E-state index contributed by atoms with van der Waals surface area (Å²) in [6.45, 7) is 4.32. The molecule has 2 heterocycles. The van der Waals surface area contributed by atoms with E-state index in [0.717, 1.165) is 22.4 Å². The van der Waals surface area contributed by atoms with Crippen LogP contribution in [0.25, 0.3) is 17.3 Å². The summed E-state index contributed by atoms with van der Waals surface area (Å²) in [5, 5.41) is 5.47. The van der Waals surface area contributed by atoms with Crippen molar-refractivity contribution in [1.82, 2.24) is 19.6 Å². The van der Waals surface area contributed by atoms with Gasteiger partial charge in [0.1, 0.15) is 0 Å². The Hall–Kier alpha value is -3.38. The Bertz CT molecular complexity index is 1130. The zero-order valence-electron chi connectivity index (χ0n) is 17.9. The van der Waals surface area contributed by atoms with Crippen molar-refractivity contribution in [2.24, 2.45) is 0 Å². The molecule has 2 amide bonds. The number of benzene rings is 2. The zero-order valence-corrected chi connectivity index (χ0v) is 18.7. The van der Waals surface area contributed by atoms with Crippen LogP contribution in [-0.4, -0.2) is 57.6 Å². The zero-order chi connectivity index (χ0) is 22.5. The summed E-state index contributed by atoms with van der Waals surface area (Å²) in [5.74, 6) is -0.0165. The molecule has 1 aliphatic rings. The second-order valence-corrected chi connectivity index (χ2v) is 8.16. The molecule has 0 N–H and O–H groups in total. The third kappa shape index (κ3) is 5.08. The second-order valence-electron chi connectivity index (χ2n) is 7.75. The molecule has 1 aliphatic heterocycles. The van der Waals surface area contributed by atoms with E-state index < -0.39 is 0 Å². The highest BCUT2D eigenvalue weighted by atomic mass is 35.5. The number of carbonyl (C=O) groups excluding carboxylic acids is 2. The van der Waals surface area contributed by atoms with Gasteiger partial charge in [-0.3, -0.25) is 14.3 Å². The fourth-order valence-electron chi connectivity index (χ4n) is 3.77. The third-order valence-corrected chi connectivity index (χ3v) is 5.94. The summed E-state index contributed by atoms with van der Waals surface area (Å²) in [6, 6.07) is 17.6. The predicted octanol–water partition coefficient (Wildman–Crippen LogP) is 3.96. The lowest BCUT2D eigenvalue weighted by Crippen LogP contribution is -2.49. The molecule has 3 aromatic rings. The lowest BCUT2D eigenvalue weighted by atomic mass is 10.1. The molecule has 6 nitrogen and oxygen atoms in total. The number of nitrogens with zero attached hydrogens (tertiary/aromatic N) is 4. The maximum absolute atomic E-state index is 12.7. The lowest BCUT2D eigenvalue weighted by molar-refractivity contribution is -0.135. The van der Waals surface area contributed by atoms with Gasteiger partial charge in [-0.25, -0.2) is 0 Å². The average molecular weight is 449 g/mol. The van der Waals surface area contributed by atoms with Crippen molar-refractivity contribution in [3.8, 4) is 11.3 Å². The molecule has 0 radical (unpaired) electrons. The summed E-state index contributed by atoms with van der Waals surface area (Å²) in [5.41, 5.74) is 3.63. The molecule has 2 aromatic carbocycles. The quantitative estimate of drug-likeness (QED) is 0.555. The number of carbonyl (C=O) groups is 2. The molecule has 32 heavy (non-hydrogen) atoms. The van der Waals surface area contributed by atoms with E-state index in [0.29, 0.717) is 37.7 Å². The van der Waals surface area contributed by atoms with Crippen molar-refractivity contribution in [3.63, 3.8) is 0 Å². The number of hydrogen-bond donors (Lipinski definition) is 0. The first-order chi connectivity index (χ1) is 15.5. The number of hydrogen-bond acceptors (Lipinski definition) is 3. The van der Waals surface area contributed by atoms with E-state index in [1.165, 1.54) is 0 Å². The van der Waals surface area contributed by atoms with Crippen molar-refractivity contribution in [2.45, 2.75) is 13.5 Å². The molecular weight excluding hydrogens is 424 g/mol. The van der Waals surface area contributed by atoms with Gasteiger partial charge in [-0.2, -0.15) is 5.10 Å². The minimum atomic E-state index is -0.0638. The average Bonchev–Trinajstić information content (AvgIpc) is 3.22. The van der Waals surface area contributed by atoms with Crippen molar-refractivity contribution < 1.29 is 9.59 Å². The van der Waals surface area contributed by atoms with Gasteiger partial charge in [-0.05, 0) is 17.7 Å². The molecule has 164 valence electrons. The van der Waals surface area contributed by atoms with Crippen molar-refractivity contribution in [1.29, 1.82) is 0 Å². The monoisotopic (exact) mass is 448 g/mol. The molecule has 0 spiro atoms. The molecule has 4 rings (SSSR count). The Balaban J connectivity index is 1.55. The smallest absolute Gasteiger partial charge is 0.246 e. The van der Waals surface area contributed by atoms with Gasteiger partial charge in [0.25, 0.3) is 0 Å². The summed E-state index contributed by atoms with van der Waals surface area (Å²) in [7, 11) is 0. The number of halogens is 1. The topological polar surface area (TPSA) is 58.4 Å². The van der Waals surface area contributed by atoms with Crippen LogP contribution in [0.2, 0.25) is 5.02 Å². The Labute approximate surface area is 192 Å². The van der Waals surface area contributed by atoms with E-state index in [1.54, 1.807) is 22.8 Å². The van der Waals surface area contributed by atoms with Crippen LogP contribution in [0.15, 0.2) is 66.9 Å². The third-order valence-electron chi connectivity index (χ3n) is 5.57. The number of aromatic nitrogens is 2. The van der Waals surface area contributed by atoms with E-state index in [1.807, 2.05) is 71.6 Å². The molecule has 0 saturated carbocycles. The highest BCUT2D eigenvalue weighted by molar-refractivity contribution is 6.31. The Kier molecular flexibility index (Phi) is 6.71. The molecule has 0 atom stereocenters. The Morgan fingerprint density at radius 3 is 2.31 bits per heavy atom. The Morgan fingerprint density at radius 2 is 1.62 bits per heavy atom. The summed E-state index contributed by atoms with van der Waals surface area (Å²) >= 11 is 6.33. The first-order valence-corrected chi connectivity index (χ1v) is 11.0. The van der Waals surface area contributed by atoms with E-state index in [-0.39, 0.29) is 11.8 Å². The van der Waals surface area contributed by atoms with Crippen LogP contribution in [0.3, 0.4) is 0 Å². The molecule has 7 heteroatoms. The number of amides is 2. The molecule has 0 bridgehead atoms. The largest absolute Gasteiger partial charge is 0.339 e. The fourth-order valence-corrected chi connectivity index (χ4v) is 3.96. The first-order valence-electron chi connectivity index (χ1n) is 10.6. The van der Waals surface area contributed by atoms with Gasteiger partial charge in [0.05, 0.1) is 12.2 Å². The number of piperazine rings is 1. The maximum atomic E-state index is 12.7. The summed E-state index contributed by atoms with van der Waals surface area (Å²) < 4.78 is 1.85. The second kappa shape index (κ2) is 9.83.